The van der Waals surface area contributed by atoms with Gasteiger partial charge in [-0.05, 0) is 43.0 Å². The third kappa shape index (κ3) is 5.11. The number of carbonyl (C=O) groups is 4. The monoisotopic (exact) mass is 599 g/mol. The first-order valence-corrected chi connectivity index (χ1v) is 15.1. The van der Waals surface area contributed by atoms with Crippen LogP contribution in [-0.4, -0.2) is 77.7 Å². The van der Waals surface area contributed by atoms with Gasteiger partial charge in [0.2, 0.25) is 11.8 Å². The summed E-state index contributed by atoms with van der Waals surface area (Å²) in [6.45, 7) is 3.74. The number of aliphatic hydroxyl groups is 1. The minimum absolute atomic E-state index is 0.0722. The Morgan fingerprint density at radius 3 is 2.59 bits per heavy atom. The second-order valence-corrected chi connectivity index (χ2v) is 11.8. The van der Waals surface area contributed by atoms with Gasteiger partial charge >= 0.3 is 5.97 Å². The highest BCUT2D eigenvalue weighted by atomic mass is 16.6. The normalized spacial score (nSPS) is 31.2. The van der Waals surface area contributed by atoms with Crippen molar-refractivity contribution in [3.63, 3.8) is 0 Å². The number of nitrogens with one attached hydrogen (secondary N) is 1. The van der Waals surface area contributed by atoms with Crippen LogP contribution in [0, 0.1) is 25.7 Å². The third-order valence-electron chi connectivity index (χ3n) is 9.04. The zero-order valence-electron chi connectivity index (χ0n) is 24.8. The molecule has 2 aromatic rings. The number of amides is 3. The molecular formula is C34H37N3O7. The molecule has 0 aliphatic carbocycles. The van der Waals surface area contributed by atoms with Gasteiger partial charge in [-0.1, -0.05) is 66.8 Å². The Morgan fingerprint density at radius 1 is 1.02 bits per heavy atom. The molecule has 4 heterocycles. The summed E-state index contributed by atoms with van der Waals surface area (Å²) in [6.07, 6.45) is 6.02. The number of likely N-dealkylation sites (tertiary alicyclic amines) is 1. The Balaban J connectivity index is 1.43. The molecule has 10 heteroatoms. The summed E-state index contributed by atoms with van der Waals surface area (Å²) in [4.78, 5) is 58.4. The molecule has 2 N–H and O–H groups in total. The van der Waals surface area contributed by atoms with Gasteiger partial charge in [0.1, 0.15) is 23.7 Å². The van der Waals surface area contributed by atoms with Crippen LogP contribution in [0.3, 0.4) is 0 Å². The number of benzene rings is 2. The molecule has 2 aromatic carbocycles. The second kappa shape index (κ2) is 12.0. The van der Waals surface area contributed by atoms with Gasteiger partial charge in [0.05, 0.1) is 25.2 Å². The lowest BCUT2D eigenvalue weighted by Crippen LogP contribution is -2.55. The molecule has 44 heavy (non-hydrogen) atoms. The second-order valence-electron chi connectivity index (χ2n) is 11.8. The molecule has 10 nitrogen and oxygen atoms in total. The molecule has 230 valence electrons. The summed E-state index contributed by atoms with van der Waals surface area (Å²) in [5, 5.41) is 12.8. The highest BCUT2D eigenvalue weighted by Crippen LogP contribution is 2.53. The summed E-state index contributed by atoms with van der Waals surface area (Å²) in [5.41, 5.74) is 1.84. The van der Waals surface area contributed by atoms with E-state index in [2.05, 4.69) is 5.32 Å². The van der Waals surface area contributed by atoms with Crippen LogP contribution in [0.1, 0.15) is 35.6 Å². The van der Waals surface area contributed by atoms with Gasteiger partial charge in [-0.15, -0.1) is 0 Å². The molecule has 0 saturated carbocycles. The maximum Gasteiger partial charge on any atom is 0.313 e. The van der Waals surface area contributed by atoms with Crippen molar-refractivity contribution < 1.29 is 33.8 Å². The number of esters is 1. The summed E-state index contributed by atoms with van der Waals surface area (Å²) in [6, 6.07) is 13.9. The van der Waals surface area contributed by atoms with Crippen molar-refractivity contribution in [1.29, 1.82) is 0 Å². The molecule has 4 aliphatic heterocycles. The predicted octanol–water partition coefficient (Wildman–Crippen LogP) is 2.53. The number of aliphatic hydroxyl groups excluding tert-OH is 1. The van der Waals surface area contributed by atoms with Crippen LogP contribution in [0.2, 0.25) is 0 Å². The minimum atomic E-state index is -1.47. The van der Waals surface area contributed by atoms with Gasteiger partial charge in [-0.3, -0.25) is 19.2 Å². The Kier molecular flexibility index (Phi) is 8.13. The van der Waals surface area contributed by atoms with Crippen molar-refractivity contribution in [2.24, 2.45) is 11.8 Å². The fraction of sp³-hybridized carbons (Fsp3) is 0.412. The zero-order chi connectivity index (χ0) is 31.0. The standard InChI is InChI=1S/C34H37N3O7/c1-21-13-14-22(2)24(19-21)36-16-8-15-34-29(31(40)37(17-18-38)30(34)32(36)41)28-25(44-34)11-6-7-12-27(39)35-20-26(43-33(28)42)23-9-4-3-5-10-23/h3-6,8-11,13-15,19,25-26,28-30,38H,7,12,16-18,20H2,1-2H3,(H,35,39)/b11-6-/t25-,26+,28+,29+,30-,34+/m0/s1. The van der Waals surface area contributed by atoms with Crippen LogP contribution < -0.4 is 10.2 Å². The minimum Gasteiger partial charge on any atom is -0.455 e. The van der Waals surface area contributed by atoms with Crippen molar-refractivity contribution in [2.45, 2.75) is 50.5 Å². The Bertz CT molecular complexity index is 1520. The van der Waals surface area contributed by atoms with E-state index in [1.807, 2.05) is 68.5 Å². The smallest absolute Gasteiger partial charge is 0.313 e. The molecule has 0 bridgehead atoms. The molecule has 4 aliphatic rings. The molecule has 1 spiro atoms. The summed E-state index contributed by atoms with van der Waals surface area (Å²) in [7, 11) is 0. The lowest BCUT2D eigenvalue weighted by atomic mass is 9.78. The van der Waals surface area contributed by atoms with Gasteiger partial charge in [-0.2, -0.15) is 0 Å². The SMILES string of the molecule is Cc1ccc(C)c(N2CC=C[C@@]34O[C@H]5/C=C\CCC(=O)NC[C@H](c6ccccc6)OC(=O)[C@H]5[C@@H]3C(=O)N(CCO)[C@H]4C2=O)c1. The number of carbonyl (C=O) groups excluding carboxylic acids is 4. The van der Waals surface area contributed by atoms with Crippen molar-refractivity contribution in [3.8, 4) is 0 Å². The van der Waals surface area contributed by atoms with Crippen LogP contribution >= 0.6 is 0 Å². The number of cyclic esters (lactones) is 1. The van der Waals surface area contributed by atoms with Crippen molar-refractivity contribution in [1.82, 2.24) is 10.2 Å². The number of allylic oxidation sites excluding steroid dienone is 1. The maximum atomic E-state index is 14.5. The predicted molar refractivity (Wildman–Crippen MR) is 161 cm³/mol. The van der Waals surface area contributed by atoms with E-state index in [9.17, 15) is 24.3 Å². The van der Waals surface area contributed by atoms with E-state index in [0.717, 1.165) is 16.8 Å². The van der Waals surface area contributed by atoms with Gasteiger partial charge in [0.15, 0.2) is 0 Å². The molecule has 3 amide bonds. The van der Waals surface area contributed by atoms with Gasteiger partial charge < -0.3 is 29.7 Å². The first kappa shape index (κ1) is 29.8. The summed E-state index contributed by atoms with van der Waals surface area (Å²) >= 11 is 0. The lowest BCUT2D eigenvalue weighted by Gasteiger charge is -2.35. The van der Waals surface area contributed by atoms with Crippen molar-refractivity contribution in [2.75, 3.05) is 31.1 Å². The average molecular weight is 600 g/mol. The number of hydrogen-bond acceptors (Lipinski definition) is 7. The number of nitrogens with zero attached hydrogens (tertiary/aromatic N) is 2. The van der Waals surface area contributed by atoms with E-state index in [1.165, 1.54) is 4.90 Å². The first-order chi connectivity index (χ1) is 21.2. The van der Waals surface area contributed by atoms with Gasteiger partial charge in [0, 0.05) is 25.2 Å². The number of ether oxygens (including phenoxy) is 2. The molecule has 6 rings (SSSR count). The van der Waals surface area contributed by atoms with Crippen LogP contribution in [0.25, 0.3) is 0 Å². The molecule has 0 unspecified atom stereocenters. The molecule has 2 saturated heterocycles. The van der Waals surface area contributed by atoms with Crippen LogP contribution in [0.5, 0.6) is 0 Å². The van der Waals surface area contributed by atoms with E-state index in [1.54, 1.807) is 23.1 Å². The summed E-state index contributed by atoms with van der Waals surface area (Å²) < 4.78 is 12.8. The zero-order valence-corrected chi connectivity index (χ0v) is 24.8. The number of aryl methyl sites for hydroxylation is 2. The third-order valence-corrected chi connectivity index (χ3v) is 9.04. The van der Waals surface area contributed by atoms with Gasteiger partial charge in [0.25, 0.3) is 5.91 Å². The van der Waals surface area contributed by atoms with E-state index in [0.29, 0.717) is 12.0 Å². The van der Waals surface area contributed by atoms with Crippen molar-refractivity contribution >= 4 is 29.4 Å². The lowest BCUT2D eigenvalue weighted by molar-refractivity contribution is -0.159. The molecule has 0 aromatic heterocycles. The van der Waals surface area contributed by atoms with E-state index < -0.39 is 47.6 Å². The number of hydrogen-bond donors (Lipinski definition) is 2. The number of anilines is 1. The first-order valence-electron chi connectivity index (χ1n) is 15.1. The van der Waals surface area contributed by atoms with Gasteiger partial charge in [-0.25, -0.2) is 0 Å². The van der Waals surface area contributed by atoms with Crippen molar-refractivity contribution in [3.05, 3.63) is 89.5 Å². The average Bonchev–Trinajstić information content (AvgIpc) is 3.39. The summed E-state index contributed by atoms with van der Waals surface area (Å²) in [5.74, 6) is -3.74. The highest BCUT2D eigenvalue weighted by Gasteiger charge is 2.71. The Labute approximate surface area is 256 Å². The Hall–Kier alpha value is -4.28. The maximum absolute atomic E-state index is 14.5. The van der Waals surface area contributed by atoms with Crippen LogP contribution in [0.4, 0.5) is 5.69 Å². The van der Waals surface area contributed by atoms with Crippen LogP contribution in [-0.2, 0) is 28.7 Å². The molecule has 2 fully saturated rings. The molecular weight excluding hydrogens is 562 g/mol. The van der Waals surface area contributed by atoms with Crippen LogP contribution in [0.15, 0.2) is 72.8 Å². The van der Waals surface area contributed by atoms with E-state index in [4.69, 9.17) is 9.47 Å². The number of rotatable bonds is 4. The Morgan fingerprint density at radius 2 is 1.82 bits per heavy atom. The van der Waals surface area contributed by atoms with E-state index >= 15 is 0 Å². The highest BCUT2D eigenvalue weighted by molar-refractivity contribution is 6.06. The van der Waals surface area contributed by atoms with E-state index in [-0.39, 0.29) is 44.5 Å². The number of β-amino-alcohol motifs (C(OH)–C–C–N with tert-alkyl or cyclic N) is 1. The number of fused-ring (bicyclic) bond motifs is 2. The topological polar surface area (TPSA) is 125 Å². The fourth-order valence-electron chi connectivity index (χ4n) is 6.98. The molecule has 6 atom stereocenters. The quantitative estimate of drug-likeness (QED) is 0.409. The largest absolute Gasteiger partial charge is 0.455 e. The molecule has 0 radical (unpaired) electrons. The fourth-order valence-corrected chi connectivity index (χ4v) is 6.98.